The highest BCUT2D eigenvalue weighted by atomic mass is 15.0. The second kappa shape index (κ2) is 9.46. The van der Waals surface area contributed by atoms with Crippen LogP contribution in [0.15, 0.2) is 133 Å². The summed E-state index contributed by atoms with van der Waals surface area (Å²) >= 11 is 0. The monoisotopic (exact) mass is 537 g/mol. The van der Waals surface area contributed by atoms with E-state index in [0.717, 1.165) is 0 Å². The number of para-hydroxylation sites is 2. The number of aromatic nitrogens is 1. The van der Waals surface area contributed by atoms with Crippen molar-refractivity contribution in [1.29, 1.82) is 0 Å². The zero-order valence-electron chi connectivity index (χ0n) is 24.1. The van der Waals surface area contributed by atoms with E-state index in [1.807, 2.05) is 0 Å². The van der Waals surface area contributed by atoms with E-state index in [9.17, 15) is 0 Å². The molecule has 8 aromatic rings. The predicted octanol–water partition coefficient (Wildman–Crippen LogP) is 11.3. The fourth-order valence-corrected chi connectivity index (χ4v) is 6.78. The average Bonchev–Trinajstić information content (AvgIpc) is 3.36. The van der Waals surface area contributed by atoms with Crippen LogP contribution < -0.4 is 0 Å². The van der Waals surface area contributed by atoms with E-state index in [0.29, 0.717) is 0 Å². The Kier molecular flexibility index (Phi) is 5.55. The summed E-state index contributed by atoms with van der Waals surface area (Å²) in [6.45, 7) is 6.61. The highest BCUT2D eigenvalue weighted by molar-refractivity contribution is 6.21. The molecule has 0 aliphatic rings. The van der Waals surface area contributed by atoms with Gasteiger partial charge in [-0.05, 0) is 100.0 Å². The van der Waals surface area contributed by atoms with Crippen LogP contribution in [0.25, 0.3) is 71.3 Å². The lowest BCUT2D eigenvalue weighted by molar-refractivity contribution is 1.18. The van der Waals surface area contributed by atoms with E-state index < -0.39 is 0 Å². The molecule has 0 unspecified atom stereocenters. The third kappa shape index (κ3) is 3.71. The van der Waals surface area contributed by atoms with E-state index in [1.54, 1.807) is 0 Å². The van der Waals surface area contributed by atoms with Gasteiger partial charge in [-0.2, -0.15) is 0 Å². The zero-order valence-corrected chi connectivity index (χ0v) is 24.1. The Hall–Kier alpha value is -5.14. The molecule has 0 saturated heterocycles. The molecule has 8 rings (SSSR count). The Balaban J connectivity index is 1.47. The number of rotatable bonds is 3. The molecule has 1 aromatic heterocycles. The molecule has 200 valence electrons. The van der Waals surface area contributed by atoms with Gasteiger partial charge in [0, 0.05) is 16.5 Å². The van der Waals surface area contributed by atoms with Crippen molar-refractivity contribution in [1.82, 2.24) is 4.57 Å². The molecule has 0 atom stereocenters. The summed E-state index contributed by atoms with van der Waals surface area (Å²) in [6, 6.07) is 49.3. The first-order chi connectivity index (χ1) is 20.6. The number of aryl methyl sites for hydroxylation is 3. The summed E-state index contributed by atoms with van der Waals surface area (Å²) < 4.78 is 2.41. The molecular weight excluding hydrogens is 506 g/mol. The lowest BCUT2D eigenvalue weighted by Gasteiger charge is -2.20. The number of hydrogen-bond acceptors (Lipinski definition) is 0. The van der Waals surface area contributed by atoms with Crippen LogP contribution in [0.4, 0.5) is 0 Å². The topological polar surface area (TPSA) is 4.93 Å². The van der Waals surface area contributed by atoms with Crippen LogP contribution in [0.5, 0.6) is 0 Å². The van der Waals surface area contributed by atoms with E-state index in [4.69, 9.17) is 0 Å². The number of hydrogen-bond donors (Lipinski definition) is 0. The van der Waals surface area contributed by atoms with Crippen molar-refractivity contribution in [3.63, 3.8) is 0 Å². The maximum atomic E-state index is 2.41. The van der Waals surface area contributed by atoms with Crippen molar-refractivity contribution < 1.29 is 0 Å². The molecule has 0 radical (unpaired) electrons. The van der Waals surface area contributed by atoms with Crippen LogP contribution in [0.3, 0.4) is 0 Å². The van der Waals surface area contributed by atoms with Gasteiger partial charge in [0.15, 0.2) is 0 Å². The quantitative estimate of drug-likeness (QED) is 0.198. The summed E-state index contributed by atoms with van der Waals surface area (Å²) in [7, 11) is 0. The summed E-state index contributed by atoms with van der Waals surface area (Å²) in [5.41, 5.74) is 12.6. The smallest absolute Gasteiger partial charge is 0.0541 e. The average molecular weight is 538 g/mol. The molecule has 0 aliphatic heterocycles. The maximum absolute atomic E-state index is 2.41. The van der Waals surface area contributed by atoms with Gasteiger partial charge in [0.2, 0.25) is 0 Å². The second-order valence-electron chi connectivity index (χ2n) is 11.6. The maximum Gasteiger partial charge on any atom is 0.0541 e. The standard InChI is InChI=1S/C41H31N/c1-26-19-21-29(22-20-26)40-34-15-4-5-16-35(34)41(37-24-28(3)27(2)23-36(37)40)30-11-10-12-31(25-30)42-38-17-8-6-13-32(38)33-14-7-9-18-39(33)42/h4-25H,1-3H3. The van der Waals surface area contributed by atoms with Gasteiger partial charge in [-0.1, -0.05) is 115 Å². The van der Waals surface area contributed by atoms with Crippen LogP contribution in [0, 0.1) is 20.8 Å². The molecule has 1 heteroatoms. The first-order valence-corrected chi connectivity index (χ1v) is 14.7. The zero-order chi connectivity index (χ0) is 28.4. The fourth-order valence-electron chi connectivity index (χ4n) is 6.78. The molecule has 7 aromatic carbocycles. The third-order valence-electron chi connectivity index (χ3n) is 8.95. The van der Waals surface area contributed by atoms with Crippen molar-refractivity contribution in [2.75, 3.05) is 0 Å². The highest BCUT2D eigenvalue weighted by Gasteiger charge is 2.19. The first kappa shape index (κ1) is 24.6. The summed E-state index contributed by atoms with van der Waals surface area (Å²) in [4.78, 5) is 0. The normalized spacial score (nSPS) is 11.7. The van der Waals surface area contributed by atoms with Crippen LogP contribution in [-0.2, 0) is 0 Å². The Labute approximate surface area is 246 Å². The number of fused-ring (bicyclic) bond motifs is 5. The lowest BCUT2D eigenvalue weighted by Crippen LogP contribution is -1.96. The Bertz CT molecular complexity index is 2260. The van der Waals surface area contributed by atoms with Crippen molar-refractivity contribution >= 4 is 43.4 Å². The fraction of sp³-hybridized carbons (Fsp3) is 0.0732. The summed E-state index contributed by atoms with van der Waals surface area (Å²) in [5.74, 6) is 0. The van der Waals surface area contributed by atoms with Crippen molar-refractivity contribution in [3.05, 3.63) is 150 Å². The van der Waals surface area contributed by atoms with Gasteiger partial charge in [-0.15, -0.1) is 0 Å². The SMILES string of the molecule is Cc1ccc(-c2c3ccccc3c(-c3cccc(-n4c5ccccc5c5ccccc54)c3)c3cc(C)c(C)cc23)cc1. The molecular formula is C41H31N. The third-order valence-corrected chi connectivity index (χ3v) is 8.95. The number of benzene rings is 7. The van der Waals surface area contributed by atoms with E-state index >= 15 is 0 Å². The van der Waals surface area contributed by atoms with Gasteiger partial charge >= 0.3 is 0 Å². The van der Waals surface area contributed by atoms with Gasteiger partial charge in [0.05, 0.1) is 11.0 Å². The lowest BCUT2D eigenvalue weighted by atomic mass is 9.84. The first-order valence-electron chi connectivity index (χ1n) is 14.7. The molecule has 0 amide bonds. The Morgan fingerprint density at radius 3 is 1.45 bits per heavy atom. The van der Waals surface area contributed by atoms with Gasteiger partial charge < -0.3 is 4.57 Å². The molecule has 0 N–H and O–H groups in total. The Morgan fingerprint density at radius 2 is 0.881 bits per heavy atom. The van der Waals surface area contributed by atoms with Crippen LogP contribution in [-0.4, -0.2) is 4.57 Å². The summed E-state index contributed by atoms with van der Waals surface area (Å²) in [5, 5.41) is 7.73. The van der Waals surface area contributed by atoms with E-state index in [2.05, 4.69) is 159 Å². The molecule has 0 fully saturated rings. The minimum Gasteiger partial charge on any atom is -0.309 e. The summed E-state index contributed by atoms with van der Waals surface area (Å²) in [6.07, 6.45) is 0. The van der Waals surface area contributed by atoms with Crippen molar-refractivity contribution in [3.8, 4) is 27.9 Å². The molecule has 0 aliphatic carbocycles. The van der Waals surface area contributed by atoms with Crippen LogP contribution in [0.2, 0.25) is 0 Å². The van der Waals surface area contributed by atoms with Gasteiger partial charge in [0.1, 0.15) is 0 Å². The van der Waals surface area contributed by atoms with Crippen molar-refractivity contribution in [2.24, 2.45) is 0 Å². The van der Waals surface area contributed by atoms with Crippen LogP contribution >= 0.6 is 0 Å². The Morgan fingerprint density at radius 1 is 0.381 bits per heavy atom. The van der Waals surface area contributed by atoms with E-state index in [1.165, 1.54) is 88.0 Å². The second-order valence-corrected chi connectivity index (χ2v) is 11.6. The minimum absolute atomic E-state index is 1.17. The van der Waals surface area contributed by atoms with Gasteiger partial charge in [-0.3, -0.25) is 0 Å². The molecule has 42 heavy (non-hydrogen) atoms. The van der Waals surface area contributed by atoms with Crippen LogP contribution in [0.1, 0.15) is 16.7 Å². The number of nitrogens with zero attached hydrogens (tertiary/aromatic N) is 1. The van der Waals surface area contributed by atoms with E-state index in [-0.39, 0.29) is 0 Å². The largest absolute Gasteiger partial charge is 0.309 e. The minimum atomic E-state index is 1.17. The predicted molar refractivity (Wildman–Crippen MR) is 181 cm³/mol. The molecule has 1 heterocycles. The molecule has 0 bridgehead atoms. The molecule has 0 saturated carbocycles. The molecule has 0 spiro atoms. The molecule has 1 nitrogen and oxygen atoms in total. The van der Waals surface area contributed by atoms with Crippen molar-refractivity contribution in [2.45, 2.75) is 20.8 Å². The van der Waals surface area contributed by atoms with Gasteiger partial charge in [-0.25, -0.2) is 0 Å². The van der Waals surface area contributed by atoms with Gasteiger partial charge in [0.25, 0.3) is 0 Å². The highest BCUT2D eigenvalue weighted by Crippen LogP contribution is 2.45.